The van der Waals surface area contributed by atoms with E-state index in [4.69, 9.17) is 0 Å². The Labute approximate surface area is 113 Å². The molecule has 0 amide bonds. The van der Waals surface area contributed by atoms with Crippen LogP contribution in [-0.2, 0) is 6.42 Å². The first-order valence-electron chi connectivity index (χ1n) is 6.85. The highest BCUT2D eigenvalue weighted by Gasteiger charge is 2.25. The normalized spacial score (nSPS) is 18.7. The summed E-state index contributed by atoms with van der Waals surface area (Å²) in [5.41, 5.74) is 1.37. The first-order valence-corrected chi connectivity index (χ1v) is 6.85. The number of rotatable bonds is 4. The van der Waals surface area contributed by atoms with Crippen LogP contribution in [0.15, 0.2) is 43.1 Å². The van der Waals surface area contributed by atoms with Crippen LogP contribution >= 0.6 is 0 Å². The molecule has 2 aromatic heterocycles. The first-order chi connectivity index (χ1) is 9.43. The largest absolute Gasteiger partial charge is 0.354 e. The monoisotopic (exact) mass is 254 g/mol. The van der Waals surface area contributed by atoms with Crippen LogP contribution in [0.2, 0.25) is 0 Å². The SMILES string of the molecule is c1cc(CCC2CCCN2c2ccncn2)ccn1. The Bertz CT molecular complexity index is 500. The fraction of sp³-hybridized carbons (Fsp3) is 0.400. The molecule has 19 heavy (non-hydrogen) atoms. The minimum atomic E-state index is 0.600. The summed E-state index contributed by atoms with van der Waals surface area (Å²) in [5, 5.41) is 0. The molecule has 1 unspecified atom stereocenters. The number of anilines is 1. The highest BCUT2D eigenvalue weighted by atomic mass is 15.2. The van der Waals surface area contributed by atoms with Crippen LogP contribution in [-0.4, -0.2) is 27.5 Å². The van der Waals surface area contributed by atoms with Crippen molar-refractivity contribution in [2.45, 2.75) is 31.7 Å². The van der Waals surface area contributed by atoms with E-state index < -0.39 is 0 Å². The fourth-order valence-corrected chi connectivity index (χ4v) is 2.77. The molecule has 0 bridgehead atoms. The van der Waals surface area contributed by atoms with Gasteiger partial charge in [-0.2, -0.15) is 0 Å². The van der Waals surface area contributed by atoms with Crippen LogP contribution in [0.1, 0.15) is 24.8 Å². The molecule has 3 heterocycles. The van der Waals surface area contributed by atoms with Gasteiger partial charge in [-0.15, -0.1) is 0 Å². The molecule has 0 aromatic carbocycles. The van der Waals surface area contributed by atoms with Gasteiger partial charge in [-0.05, 0) is 49.4 Å². The minimum absolute atomic E-state index is 0.600. The van der Waals surface area contributed by atoms with Crippen molar-refractivity contribution < 1.29 is 0 Å². The predicted octanol–water partition coefficient (Wildman–Crippen LogP) is 2.47. The number of aryl methyl sites for hydroxylation is 1. The molecule has 4 heteroatoms. The third kappa shape index (κ3) is 2.89. The van der Waals surface area contributed by atoms with Crippen LogP contribution in [0.25, 0.3) is 0 Å². The summed E-state index contributed by atoms with van der Waals surface area (Å²) < 4.78 is 0. The summed E-state index contributed by atoms with van der Waals surface area (Å²) in [6.45, 7) is 1.11. The van der Waals surface area contributed by atoms with Crippen LogP contribution in [0.4, 0.5) is 5.82 Å². The number of pyridine rings is 1. The van der Waals surface area contributed by atoms with Gasteiger partial charge in [-0.1, -0.05) is 0 Å². The van der Waals surface area contributed by atoms with E-state index in [2.05, 4.69) is 32.0 Å². The minimum Gasteiger partial charge on any atom is -0.354 e. The highest BCUT2D eigenvalue weighted by molar-refractivity contribution is 5.39. The zero-order valence-corrected chi connectivity index (χ0v) is 10.9. The lowest BCUT2D eigenvalue weighted by atomic mass is 10.0. The molecule has 1 aliphatic heterocycles. The molecule has 0 N–H and O–H groups in total. The van der Waals surface area contributed by atoms with Gasteiger partial charge in [-0.3, -0.25) is 4.98 Å². The van der Waals surface area contributed by atoms with Crippen molar-refractivity contribution in [1.29, 1.82) is 0 Å². The summed E-state index contributed by atoms with van der Waals surface area (Å²) in [4.78, 5) is 14.8. The van der Waals surface area contributed by atoms with Gasteiger partial charge in [0.2, 0.25) is 0 Å². The zero-order valence-electron chi connectivity index (χ0n) is 10.9. The van der Waals surface area contributed by atoms with Gasteiger partial charge in [0.25, 0.3) is 0 Å². The maximum absolute atomic E-state index is 4.37. The second kappa shape index (κ2) is 5.78. The molecule has 2 aromatic rings. The number of nitrogens with zero attached hydrogens (tertiary/aromatic N) is 4. The molecule has 0 saturated carbocycles. The van der Waals surface area contributed by atoms with Crippen molar-refractivity contribution in [3.63, 3.8) is 0 Å². The van der Waals surface area contributed by atoms with Gasteiger partial charge in [0.05, 0.1) is 0 Å². The average molecular weight is 254 g/mol. The van der Waals surface area contributed by atoms with Crippen LogP contribution < -0.4 is 4.90 Å². The number of aromatic nitrogens is 3. The lowest BCUT2D eigenvalue weighted by Gasteiger charge is -2.25. The van der Waals surface area contributed by atoms with Crippen molar-refractivity contribution >= 4 is 5.82 Å². The molecule has 0 aliphatic carbocycles. The molecule has 1 atom stereocenters. The molecule has 3 rings (SSSR count). The molecule has 4 nitrogen and oxygen atoms in total. The number of hydrogen-bond acceptors (Lipinski definition) is 4. The first kappa shape index (κ1) is 12.1. The molecule has 1 fully saturated rings. The fourth-order valence-electron chi connectivity index (χ4n) is 2.77. The van der Waals surface area contributed by atoms with E-state index in [1.165, 1.54) is 24.8 Å². The van der Waals surface area contributed by atoms with Gasteiger partial charge in [0.15, 0.2) is 0 Å². The Morgan fingerprint density at radius 2 is 1.95 bits per heavy atom. The van der Waals surface area contributed by atoms with Gasteiger partial charge in [0.1, 0.15) is 12.1 Å². The van der Waals surface area contributed by atoms with E-state index in [-0.39, 0.29) is 0 Å². The second-order valence-corrected chi connectivity index (χ2v) is 4.95. The summed E-state index contributed by atoms with van der Waals surface area (Å²) in [7, 11) is 0. The summed E-state index contributed by atoms with van der Waals surface area (Å²) in [5.74, 6) is 1.06. The number of hydrogen-bond donors (Lipinski definition) is 0. The van der Waals surface area contributed by atoms with E-state index in [1.54, 1.807) is 6.33 Å². The summed E-state index contributed by atoms with van der Waals surface area (Å²) in [6, 6.07) is 6.81. The van der Waals surface area contributed by atoms with Crippen LogP contribution in [0.5, 0.6) is 0 Å². The molecule has 1 aliphatic rings. The van der Waals surface area contributed by atoms with Crippen LogP contribution in [0, 0.1) is 0 Å². The van der Waals surface area contributed by atoms with E-state index in [1.807, 2.05) is 24.7 Å². The highest BCUT2D eigenvalue weighted by Crippen LogP contribution is 2.26. The molecular weight excluding hydrogens is 236 g/mol. The van der Waals surface area contributed by atoms with Crippen molar-refractivity contribution in [2.75, 3.05) is 11.4 Å². The quantitative estimate of drug-likeness (QED) is 0.840. The second-order valence-electron chi connectivity index (χ2n) is 4.95. The molecular formula is C15H18N4. The van der Waals surface area contributed by atoms with Gasteiger partial charge in [-0.25, -0.2) is 9.97 Å². The topological polar surface area (TPSA) is 41.9 Å². The Hall–Kier alpha value is -1.97. The van der Waals surface area contributed by atoms with Gasteiger partial charge in [0, 0.05) is 31.2 Å². The predicted molar refractivity (Wildman–Crippen MR) is 75.0 cm³/mol. The Morgan fingerprint density at radius 1 is 1.11 bits per heavy atom. The molecule has 98 valence electrons. The van der Waals surface area contributed by atoms with Gasteiger partial charge < -0.3 is 4.90 Å². The molecule has 0 spiro atoms. The lowest BCUT2D eigenvalue weighted by Crippen LogP contribution is -2.30. The summed E-state index contributed by atoms with van der Waals surface area (Å²) >= 11 is 0. The van der Waals surface area contributed by atoms with Crippen molar-refractivity contribution in [3.8, 4) is 0 Å². The zero-order chi connectivity index (χ0) is 12.9. The van der Waals surface area contributed by atoms with Crippen LogP contribution in [0.3, 0.4) is 0 Å². The summed E-state index contributed by atoms with van der Waals surface area (Å²) in [6.07, 6.45) is 12.0. The van der Waals surface area contributed by atoms with E-state index in [9.17, 15) is 0 Å². The van der Waals surface area contributed by atoms with Crippen molar-refractivity contribution in [2.24, 2.45) is 0 Å². The molecule has 0 radical (unpaired) electrons. The van der Waals surface area contributed by atoms with E-state index in [0.717, 1.165) is 18.8 Å². The third-order valence-corrected chi connectivity index (χ3v) is 3.75. The lowest BCUT2D eigenvalue weighted by molar-refractivity contribution is 0.605. The maximum atomic E-state index is 4.37. The smallest absolute Gasteiger partial charge is 0.132 e. The average Bonchev–Trinajstić information content (AvgIpc) is 2.95. The standard InChI is InChI=1S/C15H18N4/c1-2-14(4-3-13-5-8-16-9-6-13)19(11-1)15-7-10-17-12-18-15/h5-10,12,14H,1-4,11H2. The Balaban J connectivity index is 1.64. The van der Waals surface area contributed by atoms with Gasteiger partial charge >= 0.3 is 0 Å². The van der Waals surface area contributed by atoms with E-state index >= 15 is 0 Å². The van der Waals surface area contributed by atoms with E-state index in [0.29, 0.717) is 6.04 Å². The Morgan fingerprint density at radius 3 is 2.74 bits per heavy atom. The van der Waals surface area contributed by atoms with Crippen molar-refractivity contribution in [1.82, 2.24) is 15.0 Å². The Kier molecular flexibility index (Phi) is 3.68. The third-order valence-electron chi connectivity index (χ3n) is 3.75. The maximum Gasteiger partial charge on any atom is 0.132 e. The van der Waals surface area contributed by atoms with Crippen molar-refractivity contribution in [3.05, 3.63) is 48.7 Å². The molecule has 1 saturated heterocycles.